The van der Waals surface area contributed by atoms with Gasteiger partial charge in [-0.2, -0.15) is 0 Å². The highest BCUT2D eigenvalue weighted by Gasteiger charge is 2.18. The normalized spacial score (nSPS) is 10.9. The Bertz CT molecular complexity index is 1520. The monoisotopic (exact) mass is 549 g/mol. The van der Waals surface area contributed by atoms with Crippen LogP contribution >= 0.6 is 24.9 Å². The molecule has 0 aliphatic rings. The molecule has 5 aromatic carbocycles. The number of aromatic nitrogens is 1. The number of para-hydroxylation sites is 2. The molecule has 0 spiro atoms. The van der Waals surface area contributed by atoms with Crippen LogP contribution in [-0.2, 0) is 0 Å². The third-order valence-electron chi connectivity index (χ3n) is 6.16. The number of benzene rings is 5. The topological polar surface area (TPSA) is 26.0 Å². The minimum Gasteiger partial charge on any atom is -0.436 e. The lowest BCUT2D eigenvalue weighted by Gasteiger charge is -2.20. The smallest absolute Gasteiger partial charge is 0.227 e. The second-order valence-electron chi connectivity index (χ2n) is 8.59. The Balaban J connectivity index is 0.00000267. The number of rotatable bonds is 5. The molecule has 1 aromatic heterocycles. The highest BCUT2D eigenvalue weighted by molar-refractivity contribution is 8.93. The number of oxazole rings is 1. The van der Waals surface area contributed by atoms with Crippen molar-refractivity contribution in [3.8, 4) is 22.6 Å². The van der Waals surface area contributed by atoms with Gasteiger partial charge in [-0.3, -0.25) is 0 Å². The standard InChI is InChI=1S/C32H24NOP.BrH/c1-23-16-21-28(29(22-23)32-33-30-14-8-9-15-31(30)34-32)24-17-19-27(20-18-24)35(25-10-4-2-5-11-25)26-12-6-3-7-13-26;/h2-22H,1H3;1H. The Morgan fingerprint density at radius 3 is 1.81 bits per heavy atom. The van der Waals surface area contributed by atoms with Gasteiger partial charge < -0.3 is 4.42 Å². The second kappa shape index (κ2) is 10.6. The summed E-state index contributed by atoms with van der Waals surface area (Å²) >= 11 is 0. The van der Waals surface area contributed by atoms with Gasteiger partial charge in [0.2, 0.25) is 5.89 Å². The van der Waals surface area contributed by atoms with Crippen LogP contribution in [0.25, 0.3) is 33.7 Å². The van der Waals surface area contributed by atoms with Crippen LogP contribution in [0, 0.1) is 6.92 Å². The summed E-state index contributed by atoms with van der Waals surface area (Å²) in [5.41, 5.74) is 6.16. The maximum Gasteiger partial charge on any atom is 0.227 e. The Labute approximate surface area is 223 Å². The summed E-state index contributed by atoms with van der Waals surface area (Å²) in [5, 5.41) is 4.03. The van der Waals surface area contributed by atoms with Gasteiger partial charge in [-0.25, -0.2) is 4.98 Å². The van der Waals surface area contributed by atoms with Gasteiger partial charge in [0.25, 0.3) is 0 Å². The zero-order valence-corrected chi connectivity index (χ0v) is 22.4. The maximum absolute atomic E-state index is 6.14. The first-order valence-electron chi connectivity index (χ1n) is 11.7. The van der Waals surface area contributed by atoms with Gasteiger partial charge >= 0.3 is 0 Å². The van der Waals surface area contributed by atoms with E-state index >= 15 is 0 Å². The summed E-state index contributed by atoms with van der Waals surface area (Å²) in [6, 6.07) is 45.0. The van der Waals surface area contributed by atoms with Crippen molar-refractivity contribution in [2.75, 3.05) is 0 Å². The van der Waals surface area contributed by atoms with Gasteiger partial charge in [-0.05, 0) is 60.1 Å². The van der Waals surface area contributed by atoms with E-state index in [0.717, 1.165) is 27.8 Å². The first-order valence-corrected chi connectivity index (χ1v) is 13.1. The van der Waals surface area contributed by atoms with Crippen LogP contribution in [0.3, 0.4) is 0 Å². The average Bonchev–Trinajstić information content (AvgIpc) is 3.35. The van der Waals surface area contributed by atoms with Gasteiger partial charge in [-0.1, -0.05) is 115 Å². The van der Waals surface area contributed by atoms with Crippen LogP contribution in [0.4, 0.5) is 0 Å². The largest absolute Gasteiger partial charge is 0.436 e. The zero-order valence-electron chi connectivity index (χ0n) is 19.8. The molecule has 0 saturated heterocycles. The minimum atomic E-state index is -0.629. The van der Waals surface area contributed by atoms with Gasteiger partial charge in [0.05, 0.1) is 0 Å². The molecule has 176 valence electrons. The summed E-state index contributed by atoms with van der Waals surface area (Å²) in [7, 11) is -0.629. The fourth-order valence-corrected chi connectivity index (χ4v) is 6.75. The summed E-state index contributed by atoms with van der Waals surface area (Å²) < 4.78 is 6.14. The SMILES string of the molecule is Br.Cc1ccc(-c2ccc(P(c3ccccc3)c3ccccc3)cc2)c(-c2nc3ccccc3o2)c1. The molecule has 0 N–H and O–H groups in total. The molecule has 6 rings (SSSR count). The number of hydrogen-bond donors (Lipinski definition) is 0. The molecule has 0 saturated carbocycles. The van der Waals surface area contributed by atoms with Crippen LogP contribution in [0.5, 0.6) is 0 Å². The van der Waals surface area contributed by atoms with Crippen LogP contribution in [0.2, 0.25) is 0 Å². The Morgan fingerprint density at radius 2 is 1.17 bits per heavy atom. The Hall–Kier alpha value is -3.52. The molecule has 4 heteroatoms. The van der Waals surface area contributed by atoms with Crippen molar-refractivity contribution in [3.05, 3.63) is 133 Å². The van der Waals surface area contributed by atoms with E-state index in [1.165, 1.54) is 21.5 Å². The summed E-state index contributed by atoms with van der Waals surface area (Å²) in [6.45, 7) is 2.10. The molecule has 0 amide bonds. The molecule has 0 fully saturated rings. The van der Waals surface area contributed by atoms with Gasteiger partial charge in [0, 0.05) is 5.56 Å². The molecular formula is C32H25BrNOP. The third kappa shape index (κ3) is 4.78. The van der Waals surface area contributed by atoms with E-state index in [-0.39, 0.29) is 17.0 Å². The van der Waals surface area contributed by atoms with E-state index in [9.17, 15) is 0 Å². The minimum absolute atomic E-state index is 0. The van der Waals surface area contributed by atoms with Crippen molar-refractivity contribution >= 4 is 51.9 Å². The van der Waals surface area contributed by atoms with Crippen molar-refractivity contribution in [3.63, 3.8) is 0 Å². The van der Waals surface area contributed by atoms with E-state index in [4.69, 9.17) is 9.40 Å². The molecular weight excluding hydrogens is 525 g/mol. The summed E-state index contributed by atoms with van der Waals surface area (Å²) in [5.74, 6) is 0.657. The summed E-state index contributed by atoms with van der Waals surface area (Å²) in [4.78, 5) is 4.77. The molecule has 1 heterocycles. The first-order chi connectivity index (χ1) is 17.3. The lowest BCUT2D eigenvalue weighted by Crippen LogP contribution is -2.20. The fraction of sp³-hybridized carbons (Fsp3) is 0.0312. The van der Waals surface area contributed by atoms with E-state index in [1.807, 2.05) is 24.3 Å². The van der Waals surface area contributed by atoms with E-state index in [0.29, 0.717) is 5.89 Å². The summed E-state index contributed by atoms with van der Waals surface area (Å²) in [6.07, 6.45) is 0. The molecule has 0 aliphatic carbocycles. The number of nitrogens with zero attached hydrogens (tertiary/aromatic N) is 1. The Kier molecular flexibility index (Phi) is 7.13. The van der Waals surface area contributed by atoms with Gasteiger partial charge in [0.15, 0.2) is 5.58 Å². The fourth-order valence-electron chi connectivity index (χ4n) is 4.47. The molecule has 0 aliphatic heterocycles. The van der Waals surface area contributed by atoms with Crippen LogP contribution in [0.1, 0.15) is 5.56 Å². The highest BCUT2D eigenvalue weighted by atomic mass is 79.9. The molecule has 0 atom stereocenters. The molecule has 6 aromatic rings. The molecule has 36 heavy (non-hydrogen) atoms. The Morgan fingerprint density at radius 1 is 0.583 bits per heavy atom. The molecule has 2 nitrogen and oxygen atoms in total. The van der Waals surface area contributed by atoms with Crippen molar-refractivity contribution in [2.24, 2.45) is 0 Å². The zero-order chi connectivity index (χ0) is 23.6. The first kappa shape index (κ1) is 24.2. The van der Waals surface area contributed by atoms with Crippen LogP contribution in [0.15, 0.2) is 132 Å². The van der Waals surface area contributed by atoms with Crippen LogP contribution in [-0.4, -0.2) is 4.98 Å². The maximum atomic E-state index is 6.14. The van der Waals surface area contributed by atoms with Crippen LogP contribution < -0.4 is 15.9 Å². The average molecular weight is 550 g/mol. The molecule has 0 radical (unpaired) electrons. The number of hydrogen-bond acceptors (Lipinski definition) is 2. The quantitative estimate of drug-likeness (QED) is 0.205. The predicted octanol–water partition coefficient (Wildman–Crippen LogP) is 7.81. The van der Waals surface area contributed by atoms with Crippen molar-refractivity contribution in [2.45, 2.75) is 6.92 Å². The number of fused-ring (bicyclic) bond motifs is 1. The van der Waals surface area contributed by atoms with Crippen molar-refractivity contribution in [1.29, 1.82) is 0 Å². The molecule has 0 unspecified atom stereocenters. The number of aryl methyl sites for hydroxylation is 1. The lowest BCUT2D eigenvalue weighted by atomic mass is 9.98. The molecule has 0 bridgehead atoms. The van der Waals surface area contributed by atoms with E-state index < -0.39 is 7.92 Å². The second-order valence-corrected chi connectivity index (χ2v) is 10.8. The van der Waals surface area contributed by atoms with Gasteiger partial charge in [-0.15, -0.1) is 17.0 Å². The van der Waals surface area contributed by atoms with Gasteiger partial charge in [0.1, 0.15) is 5.52 Å². The van der Waals surface area contributed by atoms with E-state index in [2.05, 4.69) is 110 Å². The predicted molar refractivity (Wildman–Crippen MR) is 159 cm³/mol. The van der Waals surface area contributed by atoms with Crippen molar-refractivity contribution < 1.29 is 4.42 Å². The number of halogens is 1. The highest BCUT2D eigenvalue weighted by Crippen LogP contribution is 2.36. The third-order valence-corrected chi connectivity index (χ3v) is 8.61. The lowest BCUT2D eigenvalue weighted by molar-refractivity contribution is 0.620. The van der Waals surface area contributed by atoms with E-state index in [1.54, 1.807) is 0 Å². The van der Waals surface area contributed by atoms with Crippen molar-refractivity contribution in [1.82, 2.24) is 4.98 Å².